The number of carbonyl (C=O) groups excluding carboxylic acids is 2. The molecule has 0 aliphatic carbocycles. The molecule has 0 unspecified atom stereocenters. The maximum Gasteiger partial charge on any atom is 0.229 e. The lowest BCUT2D eigenvalue weighted by Gasteiger charge is -2.21. The molecule has 3 heteroatoms. The summed E-state index contributed by atoms with van der Waals surface area (Å²) >= 11 is 0. The maximum absolute atomic E-state index is 11.5. The first-order valence-corrected chi connectivity index (χ1v) is 4.57. The van der Waals surface area contributed by atoms with Gasteiger partial charge in [0.25, 0.3) is 0 Å². The quantitative estimate of drug-likeness (QED) is 0.658. The van der Waals surface area contributed by atoms with E-state index in [1.54, 1.807) is 14.0 Å². The average Bonchev–Trinajstić information content (AvgIpc) is 1.98. The van der Waals surface area contributed by atoms with Crippen LogP contribution in [-0.4, -0.2) is 23.8 Å². The summed E-state index contributed by atoms with van der Waals surface area (Å²) in [7, 11) is 1.54. The van der Waals surface area contributed by atoms with E-state index in [1.165, 1.54) is 4.90 Å². The van der Waals surface area contributed by atoms with Crippen molar-refractivity contribution in [3.63, 3.8) is 0 Å². The first-order chi connectivity index (χ1) is 5.78. The highest BCUT2D eigenvalue weighted by molar-refractivity contribution is 5.94. The minimum absolute atomic E-state index is 0.0562. The maximum atomic E-state index is 11.5. The molecule has 0 heterocycles. The van der Waals surface area contributed by atoms with Crippen molar-refractivity contribution < 1.29 is 9.59 Å². The van der Waals surface area contributed by atoms with Gasteiger partial charge in [0, 0.05) is 19.9 Å². The molecule has 0 aromatic rings. The molecule has 0 N–H and O–H groups in total. The third-order valence-electron chi connectivity index (χ3n) is 1.73. The van der Waals surface area contributed by atoms with Crippen molar-refractivity contribution in [3.05, 3.63) is 0 Å². The fraction of sp³-hybridized carbons (Fsp3) is 0.800. The smallest absolute Gasteiger partial charge is 0.229 e. The van der Waals surface area contributed by atoms with Crippen LogP contribution in [0.4, 0.5) is 0 Å². The Balaban J connectivity index is 4.20. The van der Waals surface area contributed by atoms with Crippen molar-refractivity contribution in [2.45, 2.75) is 40.5 Å². The van der Waals surface area contributed by atoms with E-state index in [9.17, 15) is 9.59 Å². The van der Waals surface area contributed by atoms with Crippen LogP contribution in [0.2, 0.25) is 0 Å². The molecule has 0 aliphatic rings. The SMILES string of the molecule is CCC(=O)N(C)C(=O)CC(C)(C)C. The number of hydrogen-bond donors (Lipinski definition) is 0. The highest BCUT2D eigenvalue weighted by atomic mass is 16.2. The molecule has 0 rings (SSSR count). The molecule has 0 saturated heterocycles. The van der Waals surface area contributed by atoms with Gasteiger partial charge in [0.1, 0.15) is 0 Å². The minimum Gasteiger partial charge on any atom is -0.286 e. The Kier molecular flexibility index (Phi) is 4.11. The lowest BCUT2D eigenvalue weighted by Crippen LogP contribution is -2.34. The van der Waals surface area contributed by atoms with Gasteiger partial charge < -0.3 is 0 Å². The van der Waals surface area contributed by atoms with Gasteiger partial charge in [-0.05, 0) is 5.41 Å². The summed E-state index contributed by atoms with van der Waals surface area (Å²) < 4.78 is 0. The van der Waals surface area contributed by atoms with Gasteiger partial charge in [-0.2, -0.15) is 0 Å². The zero-order valence-corrected chi connectivity index (χ0v) is 9.18. The number of rotatable bonds is 2. The van der Waals surface area contributed by atoms with Crippen LogP contribution in [0, 0.1) is 5.41 Å². The molecular weight excluding hydrogens is 166 g/mol. The number of amides is 2. The normalized spacial score (nSPS) is 11.2. The summed E-state index contributed by atoms with van der Waals surface area (Å²) in [6, 6.07) is 0. The molecule has 76 valence electrons. The van der Waals surface area contributed by atoms with Crippen molar-refractivity contribution >= 4 is 11.8 Å². The molecule has 0 aromatic heterocycles. The number of nitrogens with zero attached hydrogens (tertiary/aromatic N) is 1. The van der Waals surface area contributed by atoms with E-state index in [-0.39, 0.29) is 17.2 Å². The first kappa shape index (κ1) is 12.1. The number of hydrogen-bond acceptors (Lipinski definition) is 2. The molecule has 13 heavy (non-hydrogen) atoms. The fourth-order valence-electron chi connectivity index (χ4n) is 0.949. The van der Waals surface area contributed by atoms with E-state index in [1.807, 2.05) is 20.8 Å². The van der Waals surface area contributed by atoms with E-state index < -0.39 is 0 Å². The topological polar surface area (TPSA) is 37.4 Å². The van der Waals surface area contributed by atoms with Crippen LogP contribution in [-0.2, 0) is 9.59 Å². The Bertz CT molecular complexity index is 203. The van der Waals surface area contributed by atoms with E-state index in [0.717, 1.165) is 0 Å². The van der Waals surface area contributed by atoms with Gasteiger partial charge in [0.2, 0.25) is 11.8 Å². The van der Waals surface area contributed by atoms with Crippen molar-refractivity contribution in [1.29, 1.82) is 0 Å². The monoisotopic (exact) mass is 185 g/mol. The standard InChI is InChI=1S/C10H19NO2/c1-6-8(12)11(5)9(13)7-10(2,3)4/h6-7H2,1-5H3. The van der Waals surface area contributed by atoms with Crippen LogP contribution in [0.15, 0.2) is 0 Å². The molecule has 2 amide bonds. The summed E-state index contributed by atoms with van der Waals surface area (Å²) in [6.45, 7) is 7.70. The predicted octanol–water partition coefficient (Wildman–Crippen LogP) is 1.82. The molecule has 0 fully saturated rings. The Hall–Kier alpha value is -0.860. The Morgan fingerprint density at radius 2 is 1.62 bits per heavy atom. The van der Waals surface area contributed by atoms with Gasteiger partial charge in [0.05, 0.1) is 0 Å². The van der Waals surface area contributed by atoms with Crippen molar-refractivity contribution in [1.82, 2.24) is 4.90 Å². The van der Waals surface area contributed by atoms with Crippen LogP contribution in [0.3, 0.4) is 0 Å². The zero-order valence-electron chi connectivity index (χ0n) is 9.18. The van der Waals surface area contributed by atoms with Crippen LogP contribution >= 0.6 is 0 Å². The van der Waals surface area contributed by atoms with Crippen molar-refractivity contribution in [2.24, 2.45) is 5.41 Å². The lowest BCUT2D eigenvalue weighted by atomic mass is 9.91. The second-order valence-corrected chi connectivity index (χ2v) is 4.44. The Morgan fingerprint density at radius 3 is 1.92 bits per heavy atom. The van der Waals surface area contributed by atoms with E-state index in [0.29, 0.717) is 12.8 Å². The number of imide groups is 1. The molecule has 0 spiro atoms. The zero-order chi connectivity index (χ0) is 10.6. The highest BCUT2D eigenvalue weighted by Gasteiger charge is 2.21. The predicted molar refractivity (Wildman–Crippen MR) is 52.1 cm³/mol. The Labute approximate surface area is 80.1 Å². The van der Waals surface area contributed by atoms with Gasteiger partial charge >= 0.3 is 0 Å². The van der Waals surface area contributed by atoms with Gasteiger partial charge in [-0.1, -0.05) is 27.7 Å². The fourth-order valence-corrected chi connectivity index (χ4v) is 0.949. The van der Waals surface area contributed by atoms with Crippen LogP contribution in [0.25, 0.3) is 0 Å². The summed E-state index contributed by atoms with van der Waals surface area (Å²) in [5.74, 6) is -0.214. The third kappa shape index (κ3) is 4.65. The minimum atomic E-state index is -0.116. The summed E-state index contributed by atoms with van der Waals surface area (Å²) in [5.41, 5.74) is -0.0562. The molecule has 0 aliphatic heterocycles. The highest BCUT2D eigenvalue weighted by Crippen LogP contribution is 2.19. The first-order valence-electron chi connectivity index (χ1n) is 4.57. The van der Waals surface area contributed by atoms with Gasteiger partial charge in [-0.15, -0.1) is 0 Å². The molecule has 0 saturated carbocycles. The number of carbonyl (C=O) groups is 2. The molecule has 0 bridgehead atoms. The van der Waals surface area contributed by atoms with E-state index in [4.69, 9.17) is 0 Å². The van der Waals surface area contributed by atoms with Gasteiger partial charge in [-0.25, -0.2) is 0 Å². The lowest BCUT2D eigenvalue weighted by molar-refractivity contribution is -0.144. The third-order valence-corrected chi connectivity index (χ3v) is 1.73. The van der Waals surface area contributed by atoms with Crippen molar-refractivity contribution in [2.75, 3.05) is 7.05 Å². The van der Waals surface area contributed by atoms with E-state index >= 15 is 0 Å². The molecular formula is C10H19NO2. The second-order valence-electron chi connectivity index (χ2n) is 4.44. The van der Waals surface area contributed by atoms with Gasteiger partial charge in [0.15, 0.2) is 0 Å². The molecule has 3 nitrogen and oxygen atoms in total. The van der Waals surface area contributed by atoms with E-state index in [2.05, 4.69) is 0 Å². The van der Waals surface area contributed by atoms with Crippen molar-refractivity contribution in [3.8, 4) is 0 Å². The second kappa shape index (κ2) is 4.40. The molecule has 0 radical (unpaired) electrons. The Morgan fingerprint density at radius 1 is 1.15 bits per heavy atom. The van der Waals surface area contributed by atoms with Crippen LogP contribution < -0.4 is 0 Å². The average molecular weight is 185 g/mol. The van der Waals surface area contributed by atoms with Crippen LogP contribution in [0.5, 0.6) is 0 Å². The molecule has 0 aromatic carbocycles. The van der Waals surface area contributed by atoms with Gasteiger partial charge in [-0.3, -0.25) is 14.5 Å². The summed E-state index contributed by atoms with van der Waals surface area (Å²) in [4.78, 5) is 23.8. The molecule has 0 atom stereocenters. The van der Waals surface area contributed by atoms with Crippen LogP contribution in [0.1, 0.15) is 40.5 Å². The summed E-state index contributed by atoms with van der Waals surface area (Å²) in [5, 5.41) is 0. The largest absolute Gasteiger partial charge is 0.286 e. The summed E-state index contributed by atoms with van der Waals surface area (Å²) in [6.07, 6.45) is 0.793.